The summed E-state index contributed by atoms with van der Waals surface area (Å²) in [5.41, 5.74) is 8.10. The number of nitrogens with one attached hydrogen (secondary N) is 1. The summed E-state index contributed by atoms with van der Waals surface area (Å²) in [6.45, 7) is 8.31. The molecule has 5 nitrogen and oxygen atoms in total. The number of nitrogens with two attached hydrogens (primary N) is 1. The molecule has 2 atom stereocenters. The SMILES string of the molecule is CC1(C)CC2CC(C)(CN2c2ncnc(NC3CCCCCC3)c2N)C1. The zero-order chi connectivity index (χ0) is 18.4. The first-order chi connectivity index (χ1) is 12.4. The minimum atomic E-state index is 0.374. The molecule has 2 bridgehead atoms. The van der Waals surface area contributed by atoms with Gasteiger partial charge in [-0.2, -0.15) is 0 Å². The van der Waals surface area contributed by atoms with Crippen molar-refractivity contribution in [2.45, 2.75) is 90.6 Å². The van der Waals surface area contributed by atoms with Crippen LogP contribution in [0.15, 0.2) is 6.33 Å². The Balaban J connectivity index is 1.56. The average molecular weight is 358 g/mol. The molecule has 4 rings (SSSR count). The predicted molar refractivity (Wildman–Crippen MR) is 108 cm³/mol. The molecule has 0 radical (unpaired) electrons. The summed E-state index contributed by atoms with van der Waals surface area (Å²) in [5.74, 6) is 1.79. The Bertz CT molecular complexity index is 650. The lowest BCUT2D eigenvalue weighted by Gasteiger charge is -2.39. The topological polar surface area (TPSA) is 67.1 Å². The standard InChI is InChI=1S/C21H35N5/c1-20(2)10-16-11-21(3,12-20)13-26(16)19-17(22)18(23-14-24-19)25-15-8-6-4-5-7-9-15/h14-16H,4-13,22H2,1-3H3,(H,23,24,25). The second-order valence-electron chi connectivity index (χ2n) is 10.1. The molecule has 1 aliphatic heterocycles. The first-order valence-electron chi connectivity index (χ1n) is 10.5. The van der Waals surface area contributed by atoms with Gasteiger partial charge in [-0.1, -0.05) is 46.5 Å². The molecule has 2 aliphatic carbocycles. The maximum Gasteiger partial charge on any atom is 0.157 e. The summed E-state index contributed by atoms with van der Waals surface area (Å²) < 4.78 is 0. The first kappa shape index (κ1) is 17.9. The van der Waals surface area contributed by atoms with Crippen LogP contribution in [0.1, 0.15) is 78.6 Å². The summed E-state index contributed by atoms with van der Waals surface area (Å²) >= 11 is 0. The molecule has 2 unspecified atom stereocenters. The quantitative estimate of drug-likeness (QED) is 0.774. The molecule has 1 aromatic heterocycles. The number of rotatable bonds is 3. The van der Waals surface area contributed by atoms with Gasteiger partial charge in [0, 0.05) is 18.6 Å². The Morgan fingerprint density at radius 1 is 1.08 bits per heavy atom. The molecule has 0 spiro atoms. The van der Waals surface area contributed by atoms with E-state index in [-0.39, 0.29) is 0 Å². The Labute approximate surface area is 158 Å². The van der Waals surface area contributed by atoms with Crippen LogP contribution in [0, 0.1) is 10.8 Å². The van der Waals surface area contributed by atoms with Crippen molar-refractivity contribution in [1.82, 2.24) is 9.97 Å². The summed E-state index contributed by atoms with van der Waals surface area (Å²) in [7, 11) is 0. The fraction of sp³-hybridized carbons (Fsp3) is 0.810. The van der Waals surface area contributed by atoms with Crippen LogP contribution in [0.3, 0.4) is 0 Å². The van der Waals surface area contributed by atoms with Gasteiger partial charge in [0.25, 0.3) is 0 Å². The highest BCUT2D eigenvalue weighted by Gasteiger charge is 2.50. The number of anilines is 3. The molecule has 2 saturated carbocycles. The van der Waals surface area contributed by atoms with E-state index in [0.29, 0.717) is 22.9 Å². The highest BCUT2D eigenvalue weighted by molar-refractivity contribution is 5.75. The molecule has 0 aromatic carbocycles. The molecule has 2 heterocycles. The normalized spacial score (nSPS) is 31.7. The number of aromatic nitrogens is 2. The Morgan fingerprint density at radius 2 is 1.81 bits per heavy atom. The number of hydrogen-bond acceptors (Lipinski definition) is 5. The fourth-order valence-electron chi connectivity index (χ4n) is 6.05. The van der Waals surface area contributed by atoms with Crippen molar-refractivity contribution < 1.29 is 0 Å². The van der Waals surface area contributed by atoms with Crippen LogP contribution < -0.4 is 16.0 Å². The summed E-state index contributed by atoms with van der Waals surface area (Å²) in [4.78, 5) is 11.6. The van der Waals surface area contributed by atoms with Crippen LogP contribution in [0.4, 0.5) is 17.3 Å². The van der Waals surface area contributed by atoms with Crippen molar-refractivity contribution in [3.05, 3.63) is 6.33 Å². The van der Waals surface area contributed by atoms with Crippen molar-refractivity contribution in [2.75, 3.05) is 22.5 Å². The van der Waals surface area contributed by atoms with Gasteiger partial charge in [0.2, 0.25) is 0 Å². The van der Waals surface area contributed by atoms with E-state index < -0.39 is 0 Å². The van der Waals surface area contributed by atoms with E-state index in [1.165, 1.54) is 57.8 Å². The van der Waals surface area contributed by atoms with E-state index >= 15 is 0 Å². The van der Waals surface area contributed by atoms with Crippen LogP contribution in [-0.4, -0.2) is 28.6 Å². The Morgan fingerprint density at radius 3 is 2.54 bits per heavy atom. The minimum Gasteiger partial charge on any atom is -0.393 e. The zero-order valence-electron chi connectivity index (χ0n) is 16.7. The third-order valence-electron chi connectivity index (χ3n) is 6.75. The minimum absolute atomic E-state index is 0.374. The number of fused-ring (bicyclic) bond motifs is 2. The summed E-state index contributed by atoms with van der Waals surface area (Å²) in [6.07, 6.45) is 13.2. The van der Waals surface area contributed by atoms with E-state index in [9.17, 15) is 0 Å². The predicted octanol–water partition coefficient (Wildman–Crippen LogP) is 4.60. The monoisotopic (exact) mass is 357 g/mol. The van der Waals surface area contributed by atoms with Gasteiger partial charge < -0.3 is 16.0 Å². The lowest BCUT2D eigenvalue weighted by Crippen LogP contribution is -2.35. The molecule has 144 valence electrons. The number of nitrogen functional groups attached to an aromatic ring is 1. The maximum atomic E-state index is 6.58. The van der Waals surface area contributed by atoms with Gasteiger partial charge in [-0.3, -0.25) is 0 Å². The third-order valence-corrected chi connectivity index (χ3v) is 6.75. The highest BCUT2D eigenvalue weighted by atomic mass is 15.3. The Hall–Kier alpha value is -1.52. The van der Waals surface area contributed by atoms with Gasteiger partial charge >= 0.3 is 0 Å². The molecule has 1 aromatic rings. The average Bonchev–Trinajstić information content (AvgIpc) is 2.72. The number of hydrogen-bond donors (Lipinski definition) is 2. The van der Waals surface area contributed by atoms with Crippen LogP contribution in [0.2, 0.25) is 0 Å². The molecule has 1 saturated heterocycles. The van der Waals surface area contributed by atoms with Gasteiger partial charge in [-0.15, -0.1) is 0 Å². The van der Waals surface area contributed by atoms with Crippen molar-refractivity contribution in [2.24, 2.45) is 10.8 Å². The van der Waals surface area contributed by atoms with Crippen molar-refractivity contribution >= 4 is 17.3 Å². The van der Waals surface area contributed by atoms with E-state index in [1.54, 1.807) is 6.33 Å². The third kappa shape index (κ3) is 3.49. The molecule has 26 heavy (non-hydrogen) atoms. The van der Waals surface area contributed by atoms with Crippen molar-refractivity contribution in [3.8, 4) is 0 Å². The molecule has 3 fully saturated rings. The van der Waals surface area contributed by atoms with Crippen LogP contribution >= 0.6 is 0 Å². The van der Waals surface area contributed by atoms with Crippen molar-refractivity contribution in [1.29, 1.82) is 0 Å². The van der Waals surface area contributed by atoms with Gasteiger partial charge in [0.05, 0.1) is 0 Å². The van der Waals surface area contributed by atoms with E-state index in [1.807, 2.05) is 0 Å². The summed E-state index contributed by atoms with van der Waals surface area (Å²) in [5, 5.41) is 3.64. The molecule has 0 amide bonds. The molecule has 3 N–H and O–H groups in total. The lowest BCUT2D eigenvalue weighted by atomic mass is 9.65. The largest absolute Gasteiger partial charge is 0.393 e. The molecular weight excluding hydrogens is 322 g/mol. The second kappa shape index (κ2) is 6.58. The fourth-order valence-corrected chi connectivity index (χ4v) is 6.05. The molecule has 3 aliphatic rings. The van der Waals surface area contributed by atoms with Crippen LogP contribution in [0.25, 0.3) is 0 Å². The molecule has 5 heteroatoms. The van der Waals surface area contributed by atoms with Crippen LogP contribution in [-0.2, 0) is 0 Å². The van der Waals surface area contributed by atoms with Crippen LogP contribution in [0.5, 0.6) is 0 Å². The second-order valence-corrected chi connectivity index (χ2v) is 10.1. The van der Waals surface area contributed by atoms with Gasteiger partial charge in [-0.25, -0.2) is 9.97 Å². The van der Waals surface area contributed by atoms with Gasteiger partial charge in [-0.05, 0) is 42.9 Å². The van der Waals surface area contributed by atoms with Gasteiger partial charge in [0.1, 0.15) is 12.0 Å². The smallest absolute Gasteiger partial charge is 0.157 e. The van der Waals surface area contributed by atoms with Crippen molar-refractivity contribution in [3.63, 3.8) is 0 Å². The van der Waals surface area contributed by atoms with E-state index in [2.05, 4.69) is 41.0 Å². The van der Waals surface area contributed by atoms with E-state index in [0.717, 1.165) is 23.9 Å². The Kier molecular flexibility index (Phi) is 4.52. The maximum absolute atomic E-state index is 6.58. The first-order valence-corrected chi connectivity index (χ1v) is 10.5. The highest BCUT2D eigenvalue weighted by Crippen LogP contribution is 2.54. The number of nitrogens with zero attached hydrogens (tertiary/aromatic N) is 3. The lowest BCUT2D eigenvalue weighted by molar-refractivity contribution is 0.136. The van der Waals surface area contributed by atoms with E-state index in [4.69, 9.17) is 5.73 Å². The summed E-state index contributed by atoms with van der Waals surface area (Å²) in [6, 6.07) is 1.04. The van der Waals surface area contributed by atoms with Gasteiger partial charge in [0.15, 0.2) is 11.6 Å². The zero-order valence-corrected chi connectivity index (χ0v) is 16.7. The molecular formula is C21H35N5.